The van der Waals surface area contributed by atoms with Crippen LogP contribution in [-0.2, 0) is 6.42 Å². The summed E-state index contributed by atoms with van der Waals surface area (Å²) in [5.41, 5.74) is 9.12. The largest absolute Gasteiger partial charge is 0.399 e. The molecule has 0 aliphatic rings. The van der Waals surface area contributed by atoms with E-state index >= 15 is 0 Å². The Labute approximate surface area is 115 Å². The highest BCUT2D eigenvalue weighted by atomic mass is 15.1. The Morgan fingerprint density at radius 1 is 1.00 bits per heavy atom. The first kappa shape index (κ1) is 13.4. The molecule has 3 heteroatoms. The number of hydrogen-bond donors (Lipinski definition) is 1. The van der Waals surface area contributed by atoms with E-state index in [1.165, 1.54) is 11.3 Å². The average Bonchev–Trinajstić information content (AvgIpc) is 2.46. The molecule has 0 aliphatic carbocycles. The van der Waals surface area contributed by atoms with Gasteiger partial charge in [-0.1, -0.05) is 6.92 Å². The van der Waals surface area contributed by atoms with Gasteiger partial charge >= 0.3 is 0 Å². The number of nitrogen functional groups attached to an aromatic ring is 1. The summed E-state index contributed by atoms with van der Waals surface area (Å²) in [5, 5.41) is 0. The van der Waals surface area contributed by atoms with Crippen LogP contribution in [0.15, 0.2) is 48.8 Å². The maximum atomic E-state index is 5.74. The summed E-state index contributed by atoms with van der Waals surface area (Å²) in [4.78, 5) is 6.45. The van der Waals surface area contributed by atoms with Gasteiger partial charge in [0.25, 0.3) is 0 Å². The number of anilines is 2. The van der Waals surface area contributed by atoms with Gasteiger partial charge in [-0.25, -0.2) is 0 Å². The van der Waals surface area contributed by atoms with Crippen LogP contribution in [0.5, 0.6) is 0 Å². The van der Waals surface area contributed by atoms with E-state index in [1.54, 1.807) is 0 Å². The van der Waals surface area contributed by atoms with Crippen LogP contribution < -0.4 is 10.6 Å². The number of benzene rings is 1. The molecule has 0 saturated heterocycles. The first-order valence-electron chi connectivity index (χ1n) is 6.79. The van der Waals surface area contributed by atoms with Crippen molar-refractivity contribution < 1.29 is 0 Å². The van der Waals surface area contributed by atoms with Gasteiger partial charge in [0.2, 0.25) is 0 Å². The summed E-state index contributed by atoms with van der Waals surface area (Å²) in [7, 11) is 0. The van der Waals surface area contributed by atoms with Crippen LogP contribution in [0, 0.1) is 0 Å². The van der Waals surface area contributed by atoms with Crippen molar-refractivity contribution in [3.8, 4) is 0 Å². The van der Waals surface area contributed by atoms with Gasteiger partial charge in [-0.2, -0.15) is 0 Å². The van der Waals surface area contributed by atoms with Crippen molar-refractivity contribution in [3.05, 3.63) is 54.4 Å². The van der Waals surface area contributed by atoms with E-state index in [0.29, 0.717) is 0 Å². The molecule has 1 heterocycles. The molecule has 100 valence electrons. The van der Waals surface area contributed by atoms with Gasteiger partial charge in [0, 0.05) is 36.9 Å². The van der Waals surface area contributed by atoms with Crippen molar-refractivity contribution in [1.29, 1.82) is 0 Å². The molecule has 0 aliphatic heterocycles. The molecular formula is C16H21N3. The van der Waals surface area contributed by atoms with Gasteiger partial charge in [-0.15, -0.1) is 0 Å². The molecule has 2 N–H and O–H groups in total. The van der Waals surface area contributed by atoms with E-state index in [4.69, 9.17) is 5.73 Å². The molecule has 1 aromatic carbocycles. The van der Waals surface area contributed by atoms with E-state index in [2.05, 4.69) is 41.1 Å². The fraction of sp³-hybridized carbons (Fsp3) is 0.312. The minimum atomic E-state index is 0.814. The molecule has 0 fully saturated rings. The molecule has 0 atom stereocenters. The van der Waals surface area contributed by atoms with Crippen molar-refractivity contribution in [2.75, 3.05) is 23.7 Å². The zero-order chi connectivity index (χ0) is 13.5. The smallest absolute Gasteiger partial charge is 0.0367 e. The summed E-state index contributed by atoms with van der Waals surface area (Å²) in [6.07, 6.45) is 5.87. The lowest BCUT2D eigenvalue weighted by Crippen LogP contribution is -2.26. The van der Waals surface area contributed by atoms with Gasteiger partial charge in [0.1, 0.15) is 0 Å². The van der Waals surface area contributed by atoms with Crippen LogP contribution >= 0.6 is 0 Å². The van der Waals surface area contributed by atoms with E-state index in [9.17, 15) is 0 Å². The second kappa shape index (κ2) is 6.78. The van der Waals surface area contributed by atoms with Crippen molar-refractivity contribution in [1.82, 2.24) is 4.98 Å². The third-order valence-corrected chi connectivity index (χ3v) is 3.17. The molecule has 19 heavy (non-hydrogen) atoms. The summed E-state index contributed by atoms with van der Waals surface area (Å²) in [6.45, 7) is 4.29. The molecule has 0 unspecified atom stereocenters. The zero-order valence-electron chi connectivity index (χ0n) is 11.4. The van der Waals surface area contributed by atoms with Gasteiger partial charge in [0.05, 0.1) is 0 Å². The Morgan fingerprint density at radius 3 is 2.32 bits per heavy atom. The minimum absolute atomic E-state index is 0.814. The van der Waals surface area contributed by atoms with E-state index < -0.39 is 0 Å². The third-order valence-electron chi connectivity index (χ3n) is 3.17. The molecule has 1 aromatic heterocycles. The number of aromatic nitrogens is 1. The molecule has 0 radical (unpaired) electrons. The van der Waals surface area contributed by atoms with Gasteiger partial charge in [-0.3, -0.25) is 4.98 Å². The number of nitrogens with two attached hydrogens (primary N) is 1. The Hall–Kier alpha value is -2.03. The highest BCUT2D eigenvalue weighted by Gasteiger charge is 2.05. The summed E-state index contributed by atoms with van der Waals surface area (Å²) >= 11 is 0. The number of pyridine rings is 1. The van der Waals surface area contributed by atoms with Gasteiger partial charge in [0.15, 0.2) is 0 Å². The summed E-state index contributed by atoms with van der Waals surface area (Å²) in [5.74, 6) is 0. The monoisotopic (exact) mass is 255 g/mol. The fourth-order valence-corrected chi connectivity index (χ4v) is 2.14. The molecular weight excluding hydrogens is 234 g/mol. The van der Waals surface area contributed by atoms with E-state index in [1.807, 2.05) is 24.5 Å². The lowest BCUT2D eigenvalue weighted by molar-refractivity contribution is 0.756. The highest BCUT2D eigenvalue weighted by Crippen LogP contribution is 2.17. The number of rotatable bonds is 6. The quantitative estimate of drug-likeness (QED) is 0.806. The van der Waals surface area contributed by atoms with Crippen molar-refractivity contribution in [2.45, 2.75) is 19.8 Å². The van der Waals surface area contributed by atoms with Gasteiger partial charge < -0.3 is 10.6 Å². The predicted octanol–water partition coefficient (Wildman–Crippen LogP) is 3.12. The predicted molar refractivity (Wildman–Crippen MR) is 81.3 cm³/mol. The van der Waals surface area contributed by atoms with Crippen LogP contribution in [0.3, 0.4) is 0 Å². The lowest BCUT2D eigenvalue weighted by Gasteiger charge is -2.24. The minimum Gasteiger partial charge on any atom is -0.399 e. The van der Waals surface area contributed by atoms with Gasteiger partial charge in [-0.05, 0) is 54.8 Å². The molecule has 3 nitrogen and oxygen atoms in total. The molecule has 0 saturated carbocycles. The molecule has 0 bridgehead atoms. The van der Waals surface area contributed by atoms with Crippen LogP contribution in [0.2, 0.25) is 0 Å². The normalized spacial score (nSPS) is 10.4. The van der Waals surface area contributed by atoms with Crippen molar-refractivity contribution in [2.24, 2.45) is 0 Å². The lowest BCUT2D eigenvalue weighted by atomic mass is 10.1. The Balaban J connectivity index is 2.02. The second-order valence-corrected chi connectivity index (χ2v) is 4.68. The number of hydrogen-bond acceptors (Lipinski definition) is 3. The van der Waals surface area contributed by atoms with Crippen molar-refractivity contribution in [3.63, 3.8) is 0 Å². The number of nitrogens with zero attached hydrogens (tertiary/aromatic N) is 2. The Morgan fingerprint density at radius 2 is 1.68 bits per heavy atom. The molecule has 2 aromatic rings. The second-order valence-electron chi connectivity index (χ2n) is 4.68. The van der Waals surface area contributed by atoms with Crippen molar-refractivity contribution >= 4 is 11.4 Å². The first-order chi connectivity index (χ1) is 9.29. The Bertz CT molecular complexity index is 479. The van der Waals surface area contributed by atoms with Crippen LogP contribution in [0.4, 0.5) is 11.4 Å². The fourth-order valence-electron chi connectivity index (χ4n) is 2.14. The average molecular weight is 255 g/mol. The van der Waals surface area contributed by atoms with E-state index in [0.717, 1.165) is 31.6 Å². The van der Waals surface area contributed by atoms with Crippen LogP contribution in [0.1, 0.15) is 18.9 Å². The summed E-state index contributed by atoms with van der Waals surface area (Å²) < 4.78 is 0. The highest BCUT2D eigenvalue weighted by molar-refractivity contribution is 5.53. The maximum Gasteiger partial charge on any atom is 0.0367 e. The topological polar surface area (TPSA) is 42.2 Å². The third kappa shape index (κ3) is 3.98. The molecule has 0 amide bonds. The zero-order valence-corrected chi connectivity index (χ0v) is 11.4. The first-order valence-corrected chi connectivity index (χ1v) is 6.79. The summed E-state index contributed by atoms with van der Waals surface area (Å²) in [6, 6.07) is 12.3. The van der Waals surface area contributed by atoms with Crippen LogP contribution in [-0.4, -0.2) is 18.1 Å². The molecule has 2 rings (SSSR count). The van der Waals surface area contributed by atoms with Crippen LogP contribution in [0.25, 0.3) is 0 Å². The standard InChI is InChI=1S/C16H21N3/c1-2-12-19(16-5-3-15(17)4-6-16)13-9-14-7-10-18-11-8-14/h3-8,10-11H,2,9,12-13,17H2,1H3. The maximum absolute atomic E-state index is 5.74. The molecule has 0 spiro atoms. The van der Waals surface area contributed by atoms with E-state index in [-0.39, 0.29) is 0 Å². The SMILES string of the molecule is CCCN(CCc1ccncc1)c1ccc(N)cc1. The Kier molecular flexibility index (Phi) is 4.78.